The molecule has 2 fully saturated rings. The molecule has 21 heavy (non-hydrogen) atoms. The highest BCUT2D eigenvalue weighted by Gasteiger charge is 2.47. The second-order valence-corrected chi connectivity index (χ2v) is 5.81. The molecule has 1 aromatic heterocycles. The van der Waals surface area contributed by atoms with Gasteiger partial charge in [-0.25, -0.2) is 4.98 Å². The molecule has 2 aliphatic rings. The number of hydrogen-bond donors (Lipinski definition) is 1. The van der Waals surface area contributed by atoms with Crippen LogP contribution in [0.15, 0.2) is 18.3 Å². The van der Waals surface area contributed by atoms with Gasteiger partial charge in [-0.1, -0.05) is 0 Å². The Morgan fingerprint density at radius 1 is 1.38 bits per heavy atom. The zero-order valence-electron chi connectivity index (χ0n) is 11.4. The van der Waals surface area contributed by atoms with Crippen molar-refractivity contribution in [2.45, 2.75) is 25.4 Å². The zero-order chi connectivity index (χ0) is 15.1. The predicted octanol–water partition coefficient (Wildman–Crippen LogP) is 2.21. The molecule has 1 spiro atoms. The lowest BCUT2D eigenvalue weighted by molar-refractivity contribution is -0.140. The van der Waals surface area contributed by atoms with Gasteiger partial charge < -0.3 is 10.2 Å². The van der Waals surface area contributed by atoms with Crippen molar-refractivity contribution in [1.29, 1.82) is 0 Å². The molecule has 3 rings (SSSR count). The Balaban J connectivity index is 1.93. The van der Waals surface area contributed by atoms with Crippen molar-refractivity contribution in [3.63, 3.8) is 0 Å². The van der Waals surface area contributed by atoms with Gasteiger partial charge in [-0.05, 0) is 31.5 Å². The maximum atomic E-state index is 13.0. The first kappa shape index (κ1) is 14.3. The van der Waals surface area contributed by atoms with Crippen molar-refractivity contribution in [2.24, 2.45) is 5.41 Å². The topological polar surface area (TPSA) is 45.2 Å². The van der Waals surface area contributed by atoms with Gasteiger partial charge in [0.2, 0.25) is 5.91 Å². The quantitative estimate of drug-likeness (QED) is 0.865. The third kappa shape index (κ3) is 2.62. The van der Waals surface area contributed by atoms with Crippen LogP contribution in [0, 0.1) is 5.41 Å². The van der Waals surface area contributed by atoms with Crippen molar-refractivity contribution < 1.29 is 18.0 Å². The summed E-state index contributed by atoms with van der Waals surface area (Å²) in [4.78, 5) is 16.9. The number of pyridine rings is 1. The first-order chi connectivity index (χ1) is 9.91. The Hall–Kier alpha value is -1.63. The van der Waals surface area contributed by atoms with Gasteiger partial charge in [-0.3, -0.25) is 4.79 Å². The van der Waals surface area contributed by atoms with E-state index in [9.17, 15) is 18.0 Å². The molecule has 1 amide bonds. The van der Waals surface area contributed by atoms with Gasteiger partial charge in [-0.2, -0.15) is 13.2 Å². The molecule has 0 aromatic carbocycles. The molecule has 0 aliphatic carbocycles. The van der Waals surface area contributed by atoms with Crippen LogP contribution in [0.25, 0.3) is 0 Å². The summed E-state index contributed by atoms with van der Waals surface area (Å²) in [6.07, 6.45) is -1.35. The number of amides is 1. The lowest BCUT2D eigenvalue weighted by atomic mass is 9.80. The minimum atomic E-state index is -4.56. The molecular formula is C14H16F3N3O. The third-order valence-corrected chi connectivity index (χ3v) is 4.23. The Bertz CT molecular complexity index is 553. The number of piperidine rings is 1. The molecule has 2 saturated heterocycles. The summed E-state index contributed by atoms with van der Waals surface area (Å²) >= 11 is 0. The second kappa shape index (κ2) is 4.98. The second-order valence-electron chi connectivity index (χ2n) is 5.81. The van der Waals surface area contributed by atoms with E-state index in [2.05, 4.69) is 10.3 Å². The number of carbonyl (C=O) groups excluding carboxylic acids is 1. The molecule has 1 atom stereocenters. The molecule has 3 heterocycles. The van der Waals surface area contributed by atoms with E-state index in [4.69, 9.17) is 0 Å². The third-order valence-electron chi connectivity index (χ3n) is 4.23. The van der Waals surface area contributed by atoms with Crippen LogP contribution < -0.4 is 10.2 Å². The number of rotatable bonds is 1. The summed E-state index contributed by atoms with van der Waals surface area (Å²) in [7, 11) is 0. The van der Waals surface area contributed by atoms with E-state index >= 15 is 0 Å². The maximum absolute atomic E-state index is 13.0. The van der Waals surface area contributed by atoms with Crippen molar-refractivity contribution in [2.75, 3.05) is 24.5 Å². The normalized spacial score (nSPS) is 26.6. The standard InChI is InChI=1S/C14H16F3N3O/c15-14(16,17)12-10(3-1-6-19-12)20-9-13(7-11(20)21)4-2-5-18-8-13/h1,3,6,18H,2,4-5,7-9H2. The van der Waals surface area contributed by atoms with Crippen LogP contribution in [-0.2, 0) is 11.0 Å². The van der Waals surface area contributed by atoms with Crippen molar-refractivity contribution in [3.8, 4) is 0 Å². The summed E-state index contributed by atoms with van der Waals surface area (Å²) < 4.78 is 39.1. The highest BCUT2D eigenvalue weighted by Crippen LogP contribution is 2.42. The SMILES string of the molecule is O=C1CC2(CCCNC2)CN1c1cccnc1C(F)(F)F. The van der Waals surface area contributed by atoms with Gasteiger partial charge in [0, 0.05) is 31.1 Å². The first-order valence-electron chi connectivity index (χ1n) is 6.95. The highest BCUT2D eigenvalue weighted by molar-refractivity contribution is 5.97. The zero-order valence-corrected chi connectivity index (χ0v) is 11.4. The Morgan fingerprint density at radius 2 is 2.19 bits per heavy atom. The summed E-state index contributed by atoms with van der Waals surface area (Å²) in [5, 5.41) is 3.24. The summed E-state index contributed by atoms with van der Waals surface area (Å²) in [5.41, 5.74) is -1.36. The van der Waals surface area contributed by atoms with Gasteiger partial charge in [-0.15, -0.1) is 0 Å². The van der Waals surface area contributed by atoms with Gasteiger partial charge >= 0.3 is 6.18 Å². The molecule has 2 aliphatic heterocycles. The van der Waals surface area contributed by atoms with Gasteiger partial charge in [0.05, 0.1) is 5.69 Å². The number of alkyl halides is 3. The minimum Gasteiger partial charge on any atom is -0.316 e. The molecule has 0 bridgehead atoms. The van der Waals surface area contributed by atoms with Crippen molar-refractivity contribution >= 4 is 11.6 Å². The Labute approximate surface area is 120 Å². The fourth-order valence-electron chi connectivity index (χ4n) is 3.26. The average Bonchev–Trinajstić information content (AvgIpc) is 2.75. The van der Waals surface area contributed by atoms with Crippen LogP contribution >= 0.6 is 0 Å². The lowest BCUT2D eigenvalue weighted by Crippen LogP contribution is -2.42. The number of anilines is 1. The molecule has 0 saturated carbocycles. The van der Waals surface area contributed by atoms with E-state index < -0.39 is 11.9 Å². The van der Waals surface area contributed by atoms with Crippen molar-refractivity contribution in [1.82, 2.24) is 10.3 Å². The van der Waals surface area contributed by atoms with E-state index in [-0.39, 0.29) is 17.0 Å². The molecule has 0 radical (unpaired) electrons. The molecule has 1 N–H and O–H groups in total. The van der Waals surface area contributed by atoms with E-state index in [1.165, 1.54) is 17.0 Å². The average molecular weight is 299 g/mol. The van der Waals surface area contributed by atoms with Gasteiger partial charge in [0.1, 0.15) is 0 Å². The van der Waals surface area contributed by atoms with Crippen LogP contribution in [0.3, 0.4) is 0 Å². The Kier molecular flexibility index (Phi) is 3.39. The Morgan fingerprint density at radius 3 is 2.86 bits per heavy atom. The van der Waals surface area contributed by atoms with Crippen LogP contribution in [0.5, 0.6) is 0 Å². The lowest BCUT2D eigenvalue weighted by Gasteiger charge is -2.33. The smallest absolute Gasteiger partial charge is 0.316 e. The summed E-state index contributed by atoms with van der Waals surface area (Å²) in [6, 6.07) is 2.75. The largest absolute Gasteiger partial charge is 0.435 e. The molecule has 1 unspecified atom stereocenters. The maximum Gasteiger partial charge on any atom is 0.435 e. The minimum absolute atomic E-state index is 0.127. The molecule has 7 heteroatoms. The van der Waals surface area contributed by atoms with Crippen LogP contribution in [0.1, 0.15) is 25.0 Å². The number of nitrogens with one attached hydrogen (secondary N) is 1. The summed E-state index contributed by atoms with van der Waals surface area (Å²) in [5.74, 6) is -0.253. The fraction of sp³-hybridized carbons (Fsp3) is 0.571. The molecule has 4 nitrogen and oxygen atoms in total. The number of halogens is 3. The van der Waals surface area contributed by atoms with Crippen molar-refractivity contribution in [3.05, 3.63) is 24.0 Å². The van der Waals surface area contributed by atoms with Crippen LogP contribution in [0.4, 0.5) is 18.9 Å². The van der Waals surface area contributed by atoms with Crippen LogP contribution in [0.2, 0.25) is 0 Å². The molecule has 1 aromatic rings. The predicted molar refractivity (Wildman–Crippen MR) is 70.7 cm³/mol. The van der Waals surface area contributed by atoms with Gasteiger partial charge in [0.25, 0.3) is 0 Å². The molecule has 114 valence electrons. The first-order valence-corrected chi connectivity index (χ1v) is 6.95. The monoisotopic (exact) mass is 299 g/mol. The molecular weight excluding hydrogens is 283 g/mol. The van der Waals surface area contributed by atoms with Crippen LogP contribution in [-0.4, -0.2) is 30.5 Å². The van der Waals surface area contributed by atoms with E-state index in [0.717, 1.165) is 25.6 Å². The number of carbonyl (C=O) groups is 1. The van der Waals surface area contributed by atoms with Gasteiger partial charge in [0.15, 0.2) is 5.69 Å². The van der Waals surface area contributed by atoms with E-state index in [1.807, 2.05) is 0 Å². The van der Waals surface area contributed by atoms with E-state index in [1.54, 1.807) is 0 Å². The number of hydrogen-bond acceptors (Lipinski definition) is 3. The van der Waals surface area contributed by atoms with E-state index in [0.29, 0.717) is 19.5 Å². The number of nitrogens with zero attached hydrogens (tertiary/aromatic N) is 2. The fourth-order valence-corrected chi connectivity index (χ4v) is 3.26. The highest BCUT2D eigenvalue weighted by atomic mass is 19.4. The number of aromatic nitrogens is 1. The summed E-state index contributed by atoms with van der Waals surface area (Å²) in [6.45, 7) is 1.90.